The maximum absolute atomic E-state index is 11.0. The van der Waals surface area contributed by atoms with Crippen LogP contribution in [-0.2, 0) is 24.1 Å². The van der Waals surface area contributed by atoms with Crippen molar-refractivity contribution < 1.29 is 21.0 Å². The van der Waals surface area contributed by atoms with E-state index >= 15 is 0 Å². The van der Waals surface area contributed by atoms with Crippen LogP contribution in [0.25, 0.3) is 0 Å². The van der Waals surface area contributed by atoms with Crippen LogP contribution >= 0.6 is 11.6 Å². The lowest BCUT2D eigenvalue weighted by Gasteiger charge is -2.10. The van der Waals surface area contributed by atoms with E-state index in [1.54, 1.807) is 0 Å². The van der Waals surface area contributed by atoms with Gasteiger partial charge < -0.3 is 0 Å². The molecular formula is C5H9ClO5S2. The molecule has 1 heterocycles. The van der Waals surface area contributed by atoms with Crippen LogP contribution in [0.2, 0.25) is 0 Å². The van der Waals surface area contributed by atoms with Crippen molar-refractivity contribution in [1.82, 2.24) is 0 Å². The lowest BCUT2D eigenvalue weighted by molar-refractivity contribution is 0.241. The van der Waals surface area contributed by atoms with Crippen molar-refractivity contribution in [2.24, 2.45) is 0 Å². The molecule has 1 saturated heterocycles. The molecule has 5 nitrogen and oxygen atoms in total. The lowest BCUT2D eigenvalue weighted by Crippen LogP contribution is -2.25. The highest BCUT2D eigenvalue weighted by Crippen LogP contribution is 2.21. The zero-order valence-corrected chi connectivity index (χ0v) is 9.19. The van der Waals surface area contributed by atoms with Crippen LogP contribution in [0.4, 0.5) is 0 Å². The Kier molecular flexibility index (Phi) is 2.92. The van der Waals surface area contributed by atoms with E-state index in [4.69, 9.17) is 11.6 Å². The van der Waals surface area contributed by atoms with Crippen LogP contribution in [0.5, 0.6) is 0 Å². The predicted octanol–water partition coefficient (Wildman–Crippen LogP) is -0.633. The fraction of sp³-hybridized carbons (Fsp3) is 1.00. The van der Waals surface area contributed by atoms with Crippen LogP contribution in [0.3, 0.4) is 0 Å². The molecule has 13 heavy (non-hydrogen) atoms. The summed E-state index contributed by atoms with van der Waals surface area (Å²) < 4.78 is 47.8. The molecule has 1 aliphatic rings. The Balaban J connectivity index is 2.76. The van der Waals surface area contributed by atoms with Gasteiger partial charge in [0.25, 0.3) is 10.1 Å². The highest BCUT2D eigenvalue weighted by atomic mass is 35.5. The highest BCUT2D eigenvalue weighted by molar-refractivity contribution is 7.92. The first-order chi connectivity index (χ1) is 5.70. The maximum Gasteiger partial charge on any atom is 0.264 e. The van der Waals surface area contributed by atoms with Crippen molar-refractivity contribution in [3.05, 3.63) is 0 Å². The second-order valence-electron chi connectivity index (χ2n) is 2.93. The Morgan fingerprint density at radius 2 is 1.92 bits per heavy atom. The van der Waals surface area contributed by atoms with Crippen molar-refractivity contribution in [1.29, 1.82) is 0 Å². The van der Waals surface area contributed by atoms with Gasteiger partial charge in [-0.1, -0.05) is 0 Å². The van der Waals surface area contributed by atoms with Crippen LogP contribution in [0.1, 0.15) is 0 Å². The molecule has 0 saturated carbocycles. The Labute approximate surface area is 82.1 Å². The number of rotatable bonds is 2. The van der Waals surface area contributed by atoms with Crippen molar-refractivity contribution >= 4 is 31.6 Å². The largest absolute Gasteiger partial charge is 0.264 e. The van der Waals surface area contributed by atoms with Crippen molar-refractivity contribution in [2.75, 3.05) is 17.8 Å². The first kappa shape index (κ1) is 11.2. The highest BCUT2D eigenvalue weighted by Gasteiger charge is 2.39. The standard InChI is InChI=1S/C5H9ClO5S2/c1-12(7,8)11-5-3-13(9,10)2-4(5)6/h4-5H,2-3H2,1H3/t4-,5-/m0/s1. The van der Waals surface area contributed by atoms with E-state index in [1.165, 1.54) is 0 Å². The molecule has 0 unspecified atom stereocenters. The van der Waals surface area contributed by atoms with Gasteiger partial charge in [0, 0.05) is 0 Å². The summed E-state index contributed by atoms with van der Waals surface area (Å²) in [7, 11) is -6.88. The first-order valence-corrected chi connectivity index (χ1v) is 7.50. The molecule has 0 amide bonds. The van der Waals surface area contributed by atoms with E-state index in [-0.39, 0.29) is 11.5 Å². The average molecular weight is 249 g/mol. The zero-order valence-electron chi connectivity index (χ0n) is 6.80. The molecule has 1 fully saturated rings. The van der Waals surface area contributed by atoms with E-state index in [0.717, 1.165) is 6.26 Å². The van der Waals surface area contributed by atoms with E-state index in [9.17, 15) is 16.8 Å². The molecule has 0 spiro atoms. The Hall–Kier alpha value is 0.150. The fourth-order valence-corrected chi connectivity index (χ4v) is 4.34. The molecule has 1 aliphatic heterocycles. The van der Waals surface area contributed by atoms with Gasteiger partial charge >= 0.3 is 0 Å². The summed E-state index contributed by atoms with van der Waals surface area (Å²) in [6.07, 6.45) is -0.0803. The van der Waals surface area contributed by atoms with Gasteiger partial charge in [0.1, 0.15) is 6.10 Å². The molecular weight excluding hydrogens is 240 g/mol. The number of sulfone groups is 1. The number of alkyl halides is 1. The summed E-state index contributed by atoms with van der Waals surface area (Å²) >= 11 is 5.60. The molecule has 78 valence electrons. The molecule has 0 aromatic heterocycles. The van der Waals surface area contributed by atoms with Crippen LogP contribution in [0.15, 0.2) is 0 Å². The van der Waals surface area contributed by atoms with E-state index in [2.05, 4.69) is 4.18 Å². The summed E-state index contributed by atoms with van der Waals surface area (Å²) in [5.74, 6) is -0.553. The molecule has 0 aliphatic carbocycles. The smallest absolute Gasteiger partial charge is 0.264 e. The molecule has 0 aromatic carbocycles. The fourth-order valence-electron chi connectivity index (χ4n) is 1.09. The van der Waals surface area contributed by atoms with Gasteiger partial charge in [-0.3, -0.25) is 4.18 Å². The molecule has 0 N–H and O–H groups in total. The number of hydrogen-bond acceptors (Lipinski definition) is 5. The van der Waals surface area contributed by atoms with Gasteiger partial charge in [-0.05, 0) is 0 Å². The normalized spacial score (nSPS) is 33.4. The minimum absolute atomic E-state index is 0.227. The molecule has 0 bridgehead atoms. The summed E-state index contributed by atoms with van der Waals surface area (Å²) in [5.41, 5.74) is 0. The summed E-state index contributed by atoms with van der Waals surface area (Å²) in [4.78, 5) is 0. The topological polar surface area (TPSA) is 77.5 Å². The van der Waals surface area contributed by atoms with E-state index in [0.29, 0.717) is 0 Å². The van der Waals surface area contributed by atoms with Gasteiger partial charge in [-0.2, -0.15) is 8.42 Å². The first-order valence-electron chi connectivity index (χ1n) is 3.42. The second kappa shape index (κ2) is 3.38. The van der Waals surface area contributed by atoms with Crippen LogP contribution in [-0.4, -0.2) is 46.1 Å². The van der Waals surface area contributed by atoms with Crippen molar-refractivity contribution in [2.45, 2.75) is 11.5 Å². The maximum atomic E-state index is 11.0. The van der Waals surface area contributed by atoms with Gasteiger partial charge in [-0.15, -0.1) is 11.6 Å². The van der Waals surface area contributed by atoms with Crippen LogP contribution in [0, 0.1) is 0 Å². The quantitative estimate of drug-likeness (QED) is 0.480. The summed E-state index contributed by atoms with van der Waals surface area (Å²) in [6.45, 7) is 0. The summed E-state index contributed by atoms with van der Waals surface area (Å²) in [6, 6.07) is 0. The molecule has 2 atom stereocenters. The minimum atomic E-state index is -3.64. The SMILES string of the molecule is CS(=O)(=O)O[C@H]1CS(=O)(=O)C[C@@H]1Cl. The number of hydrogen-bond donors (Lipinski definition) is 0. The molecule has 0 radical (unpaired) electrons. The van der Waals surface area contributed by atoms with Gasteiger partial charge in [-0.25, -0.2) is 8.42 Å². The lowest BCUT2D eigenvalue weighted by atomic mass is 10.3. The van der Waals surface area contributed by atoms with Gasteiger partial charge in [0.05, 0.1) is 23.1 Å². The molecule has 0 aromatic rings. The molecule has 8 heteroatoms. The van der Waals surface area contributed by atoms with Crippen LogP contribution < -0.4 is 0 Å². The monoisotopic (exact) mass is 248 g/mol. The average Bonchev–Trinajstić information content (AvgIpc) is 2.00. The third-order valence-electron chi connectivity index (χ3n) is 1.53. The Bertz CT molecular complexity index is 383. The second-order valence-corrected chi connectivity index (χ2v) is 7.25. The predicted molar refractivity (Wildman–Crippen MR) is 48.0 cm³/mol. The summed E-state index contributed by atoms with van der Waals surface area (Å²) in [5, 5.41) is -0.778. The third kappa shape index (κ3) is 3.41. The Morgan fingerprint density at radius 1 is 1.38 bits per heavy atom. The van der Waals surface area contributed by atoms with Gasteiger partial charge in [0.2, 0.25) is 0 Å². The molecule has 1 rings (SSSR count). The third-order valence-corrected chi connectivity index (χ3v) is 4.45. The van der Waals surface area contributed by atoms with Crippen molar-refractivity contribution in [3.8, 4) is 0 Å². The zero-order chi connectivity index (χ0) is 10.3. The van der Waals surface area contributed by atoms with E-state index < -0.39 is 31.4 Å². The number of halogens is 1. The Morgan fingerprint density at radius 3 is 2.23 bits per heavy atom. The van der Waals surface area contributed by atoms with Crippen molar-refractivity contribution in [3.63, 3.8) is 0 Å². The minimum Gasteiger partial charge on any atom is -0.264 e. The van der Waals surface area contributed by atoms with E-state index in [1.807, 2.05) is 0 Å². The van der Waals surface area contributed by atoms with Gasteiger partial charge in [0.15, 0.2) is 9.84 Å².